The quantitative estimate of drug-likeness (QED) is 0.432. The van der Waals surface area contributed by atoms with Gasteiger partial charge in [-0.15, -0.1) is 0 Å². The normalized spacial score (nSPS) is 10.9. The van der Waals surface area contributed by atoms with Gasteiger partial charge in [-0.1, -0.05) is 23.8 Å². The molecule has 0 bridgehead atoms. The van der Waals surface area contributed by atoms with E-state index < -0.39 is 10.0 Å². The van der Waals surface area contributed by atoms with Gasteiger partial charge in [-0.05, 0) is 67.4 Å². The molecule has 0 radical (unpaired) electrons. The lowest BCUT2D eigenvalue weighted by Gasteiger charge is -2.11. The zero-order valence-corrected chi connectivity index (χ0v) is 20.1. The summed E-state index contributed by atoms with van der Waals surface area (Å²) in [7, 11) is -0.575. The third-order valence-electron chi connectivity index (χ3n) is 4.99. The van der Waals surface area contributed by atoms with Gasteiger partial charge in [-0.2, -0.15) is 0 Å². The molecule has 0 aliphatic heterocycles. The second-order valence-electron chi connectivity index (χ2n) is 7.52. The summed E-state index contributed by atoms with van der Waals surface area (Å²) in [5.74, 6) is 1.39. The number of ether oxygens (including phenoxy) is 3. The molecule has 0 aliphatic carbocycles. The summed E-state index contributed by atoms with van der Waals surface area (Å²) in [5, 5.41) is 2.79. The Labute approximate surface area is 199 Å². The number of hydrogen-bond donors (Lipinski definition) is 2. The molecule has 0 saturated heterocycles. The average molecular weight is 485 g/mol. The molecule has 1 amide bonds. The fourth-order valence-electron chi connectivity index (χ4n) is 3.13. The first-order chi connectivity index (χ1) is 16.3. The number of rotatable bonds is 11. The Bertz CT molecular complexity index is 1210. The second-order valence-corrected chi connectivity index (χ2v) is 9.20. The van der Waals surface area contributed by atoms with E-state index in [0.717, 1.165) is 11.1 Å². The molecule has 3 aromatic carbocycles. The van der Waals surface area contributed by atoms with Gasteiger partial charge < -0.3 is 19.5 Å². The Morgan fingerprint density at radius 3 is 2.21 bits per heavy atom. The molecule has 0 atom stereocenters. The van der Waals surface area contributed by atoms with Gasteiger partial charge in [-0.25, -0.2) is 8.42 Å². The van der Waals surface area contributed by atoms with Crippen LogP contribution >= 0.6 is 0 Å². The molecule has 0 aliphatic rings. The molecule has 0 heterocycles. The minimum Gasteiger partial charge on any atom is -0.493 e. The Morgan fingerprint density at radius 2 is 1.56 bits per heavy atom. The molecule has 0 unspecified atom stereocenters. The SMILES string of the molecule is COc1ccc(CCNC(=O)COc2ccc(S(=O)(=O)Nc3ccc(C)cc3)cc2)cc1OC. The van der Waals surface area contributed by atoms with Crippen LogP contribution in [0.2, 0.25) is 0 Å². The highest BCUT2D eigenvalue weighted by atomic mass is 32.2. The van der Waals surface area contributed by atoms with Gasteiger partial charge in [0, 0.05) is 12.2 Å². The van der Waals surface area contributed by atoms with Crippen molar-refractivity contribution in [3.8, 4) is 17.2 Å². The molecule has 3 rings (SSSR count). The van der Waals surface area contributed by atoms with Crippen LogP contribution in [0.5, 0.6) is 17.2 Å². The molecule has 0 spiro atoms. The topological polar surface area (TPSA) is 103 Å². The van der Waals surface area contributed by atoms with E-state index in [1.165, 1.54) is 24.3 Å². The van der Waals surface area contributed by atoms with Crippen molar-refractivity contribution in [3.63, 3.8) is 0 Å². The lowest BCUT2D eigenvalue weighted by atomic mass is 10.1. The number of carbonyl (C=O) groups excluding carboxylic acids is 1. The largest absolute Gasteiger partial charge is 0.493 e. The number of anilines is 1. The van der Waals surface area contributed by atoms with Crippen LogP contribution in [0.4, 0.5) is 5.69 Å². The minimum absolute atomic E-state index is 0.0970. The number of amides is 1. The van der Waals surface area contributed by atoms with Crippen molar-refractivity contribution < 1.29 is 27.4 Å². The molecule has 2 N–H and O–H groups in total. The number of nitrogens with one attached hydrogen (secondary N) is 2. The monoisotopic (exact) mass is 484 g/mol. The predicted molar refractivity (Wildman–Crippen MR) is 130 cm³/mol. The number of benzene rings is 3. The molecular formula is C25H28N2O6S. The lowest BCUT2D eigenvalue weighted by Crippen LogP contribution is -2.30. The smallest absolute Gasteiger partial charge is 0.261 e. The zero-order chi connectivity index (χ0) is 24.6. The van der Waals surface area contributed by atoms with Gasteiger partial charge >= 0.3 is 0 Å². The fourth-order valence-corrected chi connectivity index (χ4v) is 4.19. The van der Waals surface area contributed by atoms with Gasteiger partial charge in [0.2, 0.25) is 0 Å². The highest BCUT2D eigenvalue weighted by molar-refractivity contribution is 7.92. The Morgan fingerprint density at radius 1 is 0.882 bits per heavy atom. The van der Waals surface area contributed by atoms with Crippen LogP contribution in [0, 0.1) is 6.92 Å². The third-order valence-corrected chi connectivity index (χ3v) is 6.39. The fraction of sp³-hybridized carbons (Fsp3) is 0.240. The van der Waals surface area contributed by atoms with Crippen molar-refractivity contribution in [2.24, 2.45) is 0 Å². The van der Waals surface area contributed by atoms with Gasteiger partial charge in [0.1, 0.15) is 5.75 Å². The van der Waals surface area contributed by atoms with Crippen LogP contribution in [0.15, 0.2) is 71.6 Å². The molecular weight excluding hydrogens is 456 g/mol. The van der Waals surface area contributed by atoms with Gasteiger partial charge in [0.05, 0.1) is 19.1 Å². The summed E-state index contributed by atoms with van der Waals surface area (Å²) in [6.45, 7) is 2.18. The maximum Gasteiger partial charge on any atom is 0.261 e. The molecule has 9 heteroatoms. The maximum absolute atomic E-state index is 12.5. The van der Waals surface area contributed by atoms with Gasteiger partial charge in [0.25, 0.3) is 15.9 Å². The van der Waals surface area contributed by atoms with Crippen molar-refractivity contribution in [3.05, 3.63) is 77.9 Å². The summed E-state index contributed by atoms with van der Waals surface area (Å²) < 4.78 is 43.6. The molecule has 0 aromatic heterocycles. The second kappa shape index (κ2) is 11.4. The van der Waals surface area contributed by atoms with E-state index in [-0.39, 0.29) is 17.4 Å². The molecule has 0 fully saturated rings. The summed E-state index contributed by atoms with van der Waals surface area (Å²) in [6.07, 6.45) is 0.618. The number of aryl methyl sites for hydroxylation is 1. The molecule has 3 aromatic rings. The van der Waals surface area contributed by atoms with E-state index in [1.807, 2.05) is 37.3 Å². The predicted octanol–water partition coefficient (Wildman–Crippen LogP) is 3.55. The number of sulfonamides is 1. The van der Waals surface area contributed by atoms with E-state index in [0.29, 0.717) is 35.9 Å². The van der Waals surface area contributed by atoms with E-state index in [9.17, 15) is 13.2 Å². The Hall–Kier alpha value is -3.72. The molecule has 34 heavy (non-hydrogen) atoms. The van der Waals surface area contributed by atoms with Gasteiger partial charge in [-0.3, -0.25) is 9.52 Å². The van der Waals surface area contributed by atoms with E-state index in [1.54, 1.807) is 26.4 Å². The minimum atomic E-state index is -3.72. The van der Waals surface area contributed by atoms with Crippen molar-refractivity contribution in [2.45, 2.75) is 18.2 Å². The number of carbonyl (C=O) groups is 1. The Balaban J connectivity index is 1.46. The molecule has 0 saturated carbocycles. The van der Waals surface area contributed by atoms with Crippen molar-refractivity contribution in [1.29, 1.82) is 0 Å². The standard InChI is InChI=1S/C25H28N2O6S/c1-18-4-7-20(8-5-18)27-34(29,30)22-11-9-21(10-12-22)33-17-25(28)26-15-14-19-6-13-23(31-2)24(16-19)32-3/h4-13,16,27H,14-15,17H2,1-3H3,(H,26,28). The van der Waals surface area contributed by atoms with Crippen LogP contribution in [-0.4, -0.2) is 41.7 Å². The summed E-state index contributed by atoms with van der Waals surface area (Å²) in [4.78, 5) is 12.2. The zero-order valence-electron chi connectivity index (χ0n) is 19.3. The van der Waals surface area contributed by atoms with Crippen LogP contribution in [0.1, 0.15) is 11.1 Å². The van der Waals surface area contributed by atoms with E-state index in [4.69, 9.17) is 14.2 Å². The first-order valence-corrected chi connectivity index (χ1v) is 12.1. The van der Waals surface area contributed by atoms with Crippen LogP contribution in [0.3, 0.4) is 0 Å². The van der Waals surface area contributed by atoms with E-state index >= 15 is 0 Å². The molecule has 180 valence electrons. The van der Waals surface area contributed by atoms with Crippen LogP contribution in [-0.2, 0) is 21.2 Å². The van der Waals surface area contributed by atoms with Crippen LogP contribution in [0.25, 0.3) is 0 Å². The number of methoxy groups -OCH3 is 2. The van der Waals surface area contributed by atoms with Crippen molar-refractivity contribution in [1.82, 2.24) is 5.32 Å². The lowest BCUT2D eigenvalue weighted by molar-refractivity contribution is -0.123. The first kappa shape index (κ1) is 24.9. The van der Waals surface area contributed by atoms with Gasteiger partial charge in [0.15, 0.2) is 18.1 Å². The summed E-state index contributed by atoms with van der Waals surface area (Å²) >= 11 is 0. The summed E-state index contributed by atoms with van der Waals surface area (Å²) in [5.41, 5.74) is 2.51. The molecule has 8 nitrogen and oxygen atoms in total. The maximum atomic E-state index is 12.5. The average Bonchev–Trinajstić information content (AvgIpc) is 2.84. The number of hydrogen-bond acceptors (Lipinski definition) is 6. The van der Waals surface area contributed by atoms with E-state index in [2.05, 4.69) is 10.0 Å². The van der Waals surface area contributed by atoms with Crippen LogP contribution < -0.4 is 24.2 Å². The third kappa shape index (κ3) is 6.89. The highest BCUT2D eigenvalue weighted by Gasteiger charge is 2.14. The Kier molecular flexibility index (Phi) is 8.37. The van der Waals surface area contributed by atoms with Crippen molar-refractivity contribution in [2.75, 3.05) is 32.1 Å². The highest BCUT2D eigenvalue weighted by Crippen LogP contribution is 2.27. The van der Waals surface area contributed by atoms with Crippen molar-refractivity contribution >= 4 is 21.6 Å². The summed E-state index contributed by atoms with van der Waals surface area (Å²) in [6, 6.07) is 18.5. The first-order valence-electron chi connectivity index (χ1n) is 10.6.